The molecule has 0 spiro atoms. The molecule has 4 rings (SSSR count). The zero-order chi connectivity index (χ0) is 23.1. The maximum Gasteiger partial charge on any atom is 0.422 e. The Morgan fingerprint density at radius 3 is 2.59 bits per heavy atom. The van der Waals surface area contributed by atoms with Crippen molar-refractivity contribution in [3.8, 4) is 5.75 Å². The Hall–Kier alpha value is -2.69. The Labute approximate surface area is 181 Å². The van der Waals surface area contributed by atoms with Gasteiger partial charge in [0.2, 0.25) is 0 Å². The fourth-order valence-electron chi connectivity index (χ4n) is 3.75. The minimum atomic E-state index is -4.62. The highest BCUT2D eigenvalue weighted by molar-refractivity contribution is 5.93. The highest BCUT2D eigenvalue weighted by Crippen LogP contribution is 2.41. The van der Waals surface area contributed by atoms with Crippen molar-refractivity contribution in [1.82, 2.24) is 20.5 Å². The van der Waals surface area contributed by atoms with E-state index in [2.05, 4.69) is 20.5 Å². The molecule has 2 aromatic heterocycles. The van der Waals surface area contributed by atoms with Crippen molar-refractivity contribution in [2.75, 3.05) is 19.8 Å². The van der Waals surface area contributed by atoms with Crippen molar-refractivity contribution >= 4 is 5.91 Å². The summed E-state index contributed by atoms with van der Waals surface area (Å²) >= 11 is 0. The molecule has 2 fully saturated rings. The smallest absolute Gasteiger partial charge is 0.422 e. The third-order valence-corrected chi connectivity index (χ3v) is 5.69. The normalized spacial score (nSPS) is 19.7. The molecule has 2 aromatic rings. The number of carbonyl (C=O) groups excluding carboxylic acids is 1. The number of alkyl halides is 4. The van der Waals surface area contributed by atoms with Crippen molar-refractivity contribution in [3.63, 3.8) is 0 Å². The summed E-state index contributed by atoms with van der Waals surface area (Å²) in [6, 6.07) is 2.88. The number of aromatic nitrogens is 3. The molecule has 2 N–H and O–H groups in total. The van der Waals surface area contributed by atoms with Crippen LogP contribution in [-0.4, -0.2) is 47.1 Å². The van der Waals surface area contributed by atoms with Crippen molar-refractivity contribution in [2.24, 2.45) is 5.92 Å². The molecule has 7 nitrogen and oxygen atoms in total. The van der Waals surface area contributed by atoms with E-state index in [9.17, 15) is 22.4 Å². The quantitative estimate of drug-likeness (QED) is 0.592. The molecular weight excluding hydrogens is 432 g/mol. The van der Waals surface area contributed by atoms with Crippen LogP contribution in [0, 0.1) is 12.8 Å². The molecule has 1 amide bonds. The maximum absolute atomic E-state index is 14.9. The van der Waals surface area contributed by atoms with Gasteiger partial charge in [-0.15, -0.1) is 0 Å². The first kappa shape index (κ1) is 22.5. The molecule has 0 aromatic carbocycles. The number of aryl methyl sites for hydroxylation is 1. The Balaban J connectivity index is 1.60. The van der Waals surface area contributed by atoms with Gasteiger partial charge < -0.3 is 14.8 Å². The fraction of sp³-hybridized carbons (Fsp3) is 0.571. The molecule has 0 radical (unpaired) electrons. The summed E-state index contributed by atoms with van der Waals surface area (Å²) in [6.07, 6.45) is -0.817. The molecule has 3 heterocycles. The Kier molecular flexibility index (Phi) is 5.64. The van der Waals surface area contributed by atoms with E-state index in [1.54, 1.807) is 0 Å². The number of hydrogen-bond acceptors (Lipinski definition) is 5. The minimum absolute atomic E-state index is 0.173. The van der Waals surface area contributed by atoms with E-state index >= 15 is 0 Å². The van der Waals surface area contributed by atoms with Crippen molar-refractivity contribution in [2.45, 2.75) is 50.5 Å². The first-order valence-corrected chi connectivity index (χ1v) is 10.3. The van der Waals surface area contributed by atoms with E-state index in [4.69, 9.17) is 9.47 Å². The van der Waals surface area contributed by atoms with E-state index in [1.807, 2.05) is 19.9 Å². The van der Waals surface area contributed by atoms with Crippen LogP contribution in [0.15, 0.2) is 18.3 Å². The highest BCUT2D eigenvalue weighted by atomic mass is 19.4. The van der Waals surface area contributed by atoms with Crippen molar-refractivity contribution in [1.29, 1.82) is 0 Å². The highest BCUT2D eigenvalue weighted by Gasteiger charge is 2.44. The van der Waals surface area contributed by atoms with Gasteiger partial charge in [0.25, 0.3) is 5.91 Å². The van der Waals surface area contributed by atoms with Gasteiger partial charge in [0.1, 0.15) is 11.4 Å². The van der Waals surface area contributed by atoms with Gasteiger partial charge in [0.05, 0.1) is 30.0 Å². The van der Waals surface area contributed by atoms with Gasteiger partial charge in [-0.05, 0) is 32.3 Å². The molecule has 0 unspecified atom stereocenters. The average Bonchev–Trinajstić information content (AvgIpc) is 3.39. The van der Waals surface area contributed by atoms with Gasteiger partial charge in [-0.2, -0.15) is 18.3 Å². The minimum Gasteiger partial charge on any atom is -0.484 e. The van der Waals surface area contributed by atoms with Crippen LogP contribution in [0.1, 0.15) is 53.6 Å². The molecule has 32 heavy (non-hydrogen) atoms. The van der Waals surface area contributed by atoms with Crippen LogP contribution < -0.4 is 10.1 Å². The van der Waals surface area contributed by atoms with E-state index < -0.39 is 29.9 Å². The molecule has 1 aliphatic heterocycles. The number of H-pyrrole nitrogens is 1. The molecule has 1 saturated carbocycles. The predicted octanol–water partition coefficient (Wildman–Crippen LogP) is 3.69. The Morgan fingerprint density at radius 2 is 2.06 bits per heavy atom. The second-order valence-electron chi connectivity index (χ2n) is 8.80. The van der Waals surface area contributed by atoms with Crippen LogP contribution in [-0.2, 0) is 15.9 Å². The molecule has 2 aliphatic rings. The van der Waals surface area contributed by atoms with Crippen LogP contribution >= 0.6 is 0 Å². The summed E-state index contributed by atoms with van der Waals surface area (Å²) in [6.45, 7) is 1.43. The molecule has 11 heteroatoms. The predicted molar refractivity (Wildman–Crippen MR) is 105 cm³/mol. The first-order valence-electron chi connectivity index (χ1n) is 10.3. The van der Waals surface area contributed by atoms with E-state index in [0.717, 1.165) is 30.8 Å². The second-order valence-corrected chi connectivity index (χ2v) is 8.80. The Bertz CT molecular complexity index is 1000. The summed E-state index contributed by atoms with van der Waals surface area (Å²) in [4.78, 5) is 17.0. The standard InChI is InChI=1S/C21H24F4N4O3/c1-12-5-17(29-28-12)19(2,7-13-3-4-13)27-18(30)15-6-16(32-11-21(23,24)25)14(8-26-15)20(22)9-31-10-20/h5-6,8,13H,3-4,7,9-11H2,1-2H3,(H,27,30)(H,28,29)/t19-/m0/s1. The zero-order valence-corrected chi connectivity index (χ0v) is 17.7. The third kappa shape index (κ3) is 4.87. The van der Waals surface area contributed by atoms with E-state index in [-0.39, 0.29) is 30.2 Å². The summed E-state index contributed by atoms with van der Waals surface area (Å²) in [5.74, 6) is -0.550. The fourth-order valence-corrected chi connectivity index (χ4v) is 3.75. The van der Waals surface area contributed by atoms with Crippen LogP contribution in [0.5, 0.6) is 5.75 Å². The molecular formula is C21H24F4N4O3. The lowest BCUT2D eigenvalue weighted by Gasteiger charge is -2.35. The monoisotopic (exact) mass is 456 g/mol. The number of nitrogens with one attached hydrogen (secondary N) is 2. The van der Waals surface area contributed by atoms with Gasteiger partial charge in [0, 0.05) is 18.0 Å². The van der Waals surface area contributed by atoms with Crippen molar-refractivity contribution in [3.05, 3.63) is 41.0 Å². The van der Waals surface area contributed by atoms with Gasteiger partial charge in [-0.3, -0.25) is 14.9 Å². The third-order valence-electron chi connectivity index (χ3n) is 5.69. The number of pyridine rings is 1. The van der Waals surface area contributed by atoms with Gasteiger partial charge in [-0.1, -0.05) is 12.8 Å². The summed E-state index contributed by atoms with van der Waals surface area (Å²) in [5, 5.41) is 10.1. The number of amides is 1. The summed E-state index contributed by atoms with van der Waals surface area (Å²) < 4.78 is 62.7. The molecule has 1 atom stereocenters. The van der Waals surface area contributed by atoms with Gasteiger partial charge >= 0.3 is 6.18 Å². The molecule has 1 saturated heterocycles. The molecule has 1 aliphatic carbocycles. The zero-order valence-electron chi connectivity index (χ0n) is 17.7. The number of hydrogen-bond donors (Lipinski definition) is 2. The SMILES string of the molecule is Cc1cc([C@](C)(CC2CC2)NC(=O)c2cc(OCC(F)(F)F)c(C3(F)COC3)cn2)n[nH]1. The number of aromatic amines is 1. The molecule has 0 bridgehead atoms. The number of rotatable bonds is 8. The maximum atomic E-state index is 14.9. The first-order chi connectivity index (χ1) is 15.0. The van der Waals surface area contributed by atoms with Gasteiger partial charge in [-0.25, -0.2) is 4.39 Å². The van der Waals surface area contributed by atoms with Crippen molar-refractivity contribution < 1.29 is 31.8 Å². The summed E-state index contributed by atoms with van der Waals surface area (Å²) in [7, 11) is 0. The average molecular weight is 456 g/mol. The lowest BCUT2D eigenvalue weighted by molar-refractivity contribution is -0.156. The van der Waals surface area contributed by atoms with E-state index in [1.165, 1.54) is 0 Å². The van der Waals surface area contributed by atoms with Crippen LogP contribution in [0.3, 0.4) is 0 Å². The Morgan fingerprint density at radius 1 is 1.34 bits per heavy atom. The summed E-state index contributed by atoms with van der Waals surface area (Å²) in [5.41, 5.74) is -1.68. The number of carbonyl (C=O) groups is 1. The number of ether oxygens (including phenoxy) is 2. The van der Waals surface area contributed by atoms with Crippen LogP contribution in [0.2, 0.25) is 0 Å². The molecule has 174 valence electrons. The second kappa shape index (κ2) is 8.02. The van der Waals surface area contributed by atoms with Crippen LogP contribution in [0.4, 0.5) is 17.6 Å². The topological polar surface area (TPSA) is 89.1 Å². The number of nitrogens with zero attached hydrogens (tertiary/aromatic N) is 2. The largest absolute Gasteiger partial charge is 0.484 e. The number of halogens is 4. The lowest BCUT2D eigenvalue weighted by Crippen LogP contribution is -2.45. The lowest BCUT2D eigenvalue weighted by atomic mass is 9.90. The van der Waals surface area contributed by atoms with Crippen LogP contribution in [0.25, 0.3) is 0 Å². The van der Waals surface area contributed by atoms with Gasteiger partial charge in [0.15, 0.2) is 12.3 Å². The van der Waals surface area contributed by atoms with E-state index in [0.29, 0.717) is 18.0 Å².